The van der Waals surface area contributed by atoms with E-state index in [1.165, 1.54) is 84.0 Å². The molecular formula is C61H102N19O16S2. The van der Waals surface area contributed by atoms with E-state index < -0.39 is 187 Å². The van der Waals surface area contributed by atoms with Crippen LogP contribution in [-0.2, 0) is 83.1 Å². The molecule has 16 amide bonds. The number of aromatic nitrogens is 2. The summed E-state index contributed by atoms with van der Waals surface area (Å²) in [7, 11) is 0. The topological polar surface area (TPSA) is 534 Å². The summed E-state index contributed by atoms with van der Waals surface area (Å²) in [5, 5.41) is 37.4. The van der Waals surface area contributed by atoms with Crippen molar-refractivity contribution in [3.05, 3.63) is 37.6 Å². The first-order chi connectivity index (χ1) is 46.1. The third-order valence-electron chi connectivity index (χ3n) is 14.2. The monoisotopic (exact) mass is 1420 g/mol. The number of nitrogens with zero attached hydrogens (tertiary/aromatic N) is 1. The van der Waals surface area contributed by atoms with E-state index in [2.05, 4.69) is 89.7 Å². The fourth-order valence-electron chi connectivity index (χ4n) is 8.57. The Morgan fingerprint density at radius 3 is 1.29 bits per heavy atom. The van der Waals surface area contributed by atoms with Crippen molar-refractivity contribution >= 4 is 118 Å². The van der Waals surface area contributed by atoms with Crippen molar-refractivity contribution < 1.29 is 76.7 Å². The van der Waals surface area contributed by atoms with Crippen LogP contribution in [0.25, 0.3) is 0 Å². The van der Waals surface area contributed by atoms with Crippen molar-refractivity contribution in [1.29, 1.82) is 0 Å². The Labute approximate surface area is 580 Å². The van der Waals surface area contributed by atoms with Crippen molar-refractivity contribution in [3.8, 4) is 0 Å². The fraction of sp³-hybridized carbons (Fsp3) is 0.639. The van der Waals surface area contributed by atoms with Crippen LogP contribution in [-0.4, -0.2) is 221 Å². The first-order valence-corrected chi connectivity index (χ1v) is 34.8. The van der Waals surface area contributed by atoms with E-state index in [1.807, 2.05) is 13.8 Å². The number of hydrogen-bond acceptors (Lipinski definition) is 20. The highest BCUT2D eigenvalue weighted by molar-refractivity contribution is 7.98. The van der Waals surface area contributed by atoms with E-state index in [-0.39, 0.29) is 44.1 Å². The highest BCUT2D eigenvalue weighted by Crippen LogP contribution is 2.11. The van der Waals surface area contributed by atoms with E-state index in [1.54, 1.807) is 39.8 Å². The number of imidazole rings is 1. The summed E-state index contributed by atoms with van der Waals surface area (Å²) in [5.41, 5.74) is 11.5. The van der Waals surface area contributed by atoms with Gasteiger partial charge in [-0.1, -0.05) is 34.6 Å². The number of H-pyrrole nitrogens is 1. The molecule has 0 saturated carbocycles. The Morgan fingerprint density at radius 1 is 0.480 bits per heavy atom. The molecule has 1 heterocycles. The summed E-state index contributed by atoms with van der Waals surface area (Å²) in [4.78, 5) is 217. The molecular weight excluding hydrogens is 1320 g/mol. The number of aromatic amines is 1. The van der Waals surface area contributed by atoms with Crippen LogP contribution in [0, 0.1) is 31.2 Å². The number of amides is 16. The molecule has 20 N–H and O–H groups in total. The molecule has 0 aliphatic carbocycles. The van der Waals surface area contributed by atoms with Gasteiger partial charge in [-0.25, -0.2) is 4.98 Å². The molecule has 0 aromatic carbocycles. The Hall–Kier alpha value is -8.61. The molecule has 12 unspecified atom stereocenters. The zero-order chi connectivity index (χ0) is 74.4. The maximum Gasteiger partial charge on any atom is 0.243 e. The lowest BCUT2D eigenvalue weighted by Gasteiger charge is -2.27. The summed E-state index contributed by atoms with van der Waals surface area (Å²) >= 11 is 2.70. The third-order valence-corrected chi connectivity index (χ3v) is 15.5. The van der Waals surface area contributed by atoms with Gasteiger partial charge in [0.25, 0.3) is 0 Å². The molecule has 1 aromatic rings. The first-order valence-electron chi connectivity index (χ1n) is 32.0. The molecule has 0 saturated heterocycles. The number of rotatable bonds is 47. The smallest absolute Gasteiger partial charge is 0.243 e. The van der Waals surface area contributed by atoms with Crippen molar-refractivity contribution in [3.63, 3.8) is 0 Å². The zero-order valence-electron chi connectivity index (χ0n) is 57.9. The number of thioether (sulfide) groups is 2. The first kappa shape index (κ1) is 87.4. The third kappa shape index (κ3) is 34.6. The van der Waals surface area contributed by atoms with Crippen LogP contribution in [0.2, 0.25) is 0 Å². The lowest BCUT2D eigenvalue weighted by molar-refractivity contribution is -0.135. The normalized spacial score (nSPS) is 14.7. The highest BCUT2D eigenvalue weighted by Gasteiger charge is 2.35. The fourth-order valence-corrected chi connectivity index (χ4v) is 9.51. The van der Waals surface area contributed by atoms with Gasteiger partial charge in [0.05, 0.1) is 38.8 Å². The Morgan fingerprint density at radius 2 is 0.878 bits per heavy atom. The summed E-state index contributed by atoms with van der Waals surface area (Å²) in [6.45, 7) is 17.3. The summed E-state index contributed by atoms with van der Waals surface area (Å²) in [6.07, 6.45) is 8.92. The summed E-state index contributed by atoms with van der Waals surface area (Å²) < 4.78 is 0. The molecule has 3 radical (unpaired) electrons. The minimum Gasteiger partial charge on any atom is -0.370 e. The number of unbranched alkanes of at least 4 members (excludes halogenated alkanes) is 1. The summed E-state index contributed by atoms with van der Waals surface area (Å²) in [5.74, 6) is -12.1. The minimum absolute atomic E-state index is 0.0242. The maximum atomic E-state index is 14.3. The van der Waals surface area contributed by atoms with E-state index in [4.69, 9.17) is 11.5 Å². The van der Waals surface area contributed by atoms with Gasteiger partial charge < -0.3 is 96.2 Å². The number of hydrogen-bond donors (Lipinski definition) is 18. The molecule has 98 heavy (non-hydrogen) atoms. The second kappa shape index (κ2) is 46.6. The van der Waals surface area contributed by atoms with E-state index in [9.17, 15) is 76.7 Å². The molecule has 0 fully saturated rings. The van der Waals surface area contributed by atoms with Crippen LogP contribution in [0.3, 0.4) is 0 Å². The van der Waals surface area contributed by atoms with Crippen LogP contribution in [0.15, 0.2) is 12.5 Å². The van der Waals surface area contributed by atoms with E-state index >= 15 is 0 Å². The standard InChI is InChI=1S/C61H102N19O16S2/c1-14-17-46(82)75-44(25-45(63)81)60(95)78-42(20-23-98-13)58(93)76-40(18-15-16-21-62)57(92)79-43(24-39-27-64-30-68-39)59(94)77-41(19-22-97-12)56(91)74-34(7)51(86)67-28-47(83)69-35(8)52(87)72-38(11)54(89)73-37(10)53(88)71-33(6)50(85)66-29-48(84)70-36(9)55(90)80-49(32(4)5)61(96)65-26-31(2)3/h14,17,26-27,30-38,40-44,49H,15-16,18-25,28-29,62H2,1-13H3,(H2,63,81)(H,64,68)(H,65,96)(H,66,85)(H,67,86)(H,69,83)(H,70,84)(H,71,88)(H,72,87)(H,73,89)(H,74,91)(H,75,82)(H,76,93)(H,77,94)(H,78,95)(H,79,92)(H,80,90). The molecule has 0 spiro atoms. The van der Waals surface area contributed by atoms with Crippen molar-refractivity contribution in [2.75, 3.05) is 43.7 Å². The predicted octanol–water partition coefficient (Wildman–Crippen LogP) is -5.35. The molecule has 0 aliphatic heterocycles. The Balaban J connectivity index is 2.96. The average Bonchev–Trinajstić information content (AvgIpc) is 1.07. The molecule has 12 atom stereocenters. The van der Waals surface area contributed by atoms with E-state index in [0.717, 1.165) is 6.42 Å². The van der Waals surface area contributed by atoms with Crippen LogP contribution in [0.5, 0.6) is 0 Å². The van der Waals surface area contributed by atoms with Gasteiger partial charge in [0.2, 0.25) is 94.5 Å². The van der Waals surface area contributed by atoms with Gasteiger partial charge in [0.15, 0.2) is 0 Å². The highest BCUT2D eigenvalue weighted by atomic mass is 32.2. The predicted molar refractivity (Wildman–Crippen MR) is 365 cm³/mol. The second-order valence-corrected chi connectivity index (χ2v) is 25.7. The molecule has 1 rings (SSSR count). The van der Waals surface area contributed by atoms with Crippen molar-refractivity contribution in [2.45, 2.75) is 194 Å². The number of nitrogens with one attached hydrogen (secondary N) is 16. The van der Waals surface area contributed by atoms with Gasteiger partial charge in [-0.3, -0.25) is 76.7 Å². The number of nitrogens with two attached hydrogens (primary N) is 2. The molecule has 549 valence electrons. The second-order valence-electron chi connectivity index (χ2n) is 23.7. The SMILES string of the molecule is C[CH][CH]C(=O)NC(CC(N)=O)C(=O)NC(CCSC)C(=O)NC(CCCCN)C(=O)NC(Cc1cnc[nH]1)C(=O)NC(CCSC)C(=O)NC(C)C(=O)NCC(=O)NC(C)C(=O)NC(C)C(=O)NC(C)C(=O)NC(C)C(=O)NCC(=O)NC(C)C(=O)NC(C(=O)N[CH]C(C)C)C(C)C. The maximum absolute atomic E-state index is 14.3. The molecule has 0 bridgehead atoms. The lowest BCUT2D eigenvalue weighted by Crippen LogP contribution is -2.60. The molecule has 35 nitrogen and oxygen atoms in total. The average molecular weight is 1420 g/mol. The van der Waals surface area contributed by atoms with Crippen LogP contribution < -0.4 is 91.2 Å². The quantitative estimate of drug-likeness (QED) is 0.0271. The van der Waals surface area contributed by atoms with Gasteiger partial charge in [-0.2, -0.15) is 23.5 Å². The van der Waals surface area contributed by atoms with Crippen molar-refractivity contribution in [2.24, 2.45) is 23.3 Å². The van der Waals surface area contributed by atoms with Crippen molar-refractivity contribution in [1.82, 2.24) is 89.7 Å². The largest absolute Gasteiger partial charge is 0.370 e. The summed E-state index contributed by atoms with van der Waals surface area (Å²) in [6, 6.07) is -15.0. The number of carbonyl (C=O) groups excluding carboxylic acids is 16. The van der Waals surface area contributed by atoms with Gasteiger partial charge in [0, 0.05) is 18.3 Å². The molecule has 0 aliphatic rings. The minimum atomic E-state index is -1.44. The van der Waals surface area contributed by atoms with Gasteiger partial charge in [-0.15, -0.1) is 0 Å². The van der Waals surface area contributed by atoms with Gasteiger partial charge >= 0.3 is 0 Å². The van der Waals surface area contributed by atoms with Crippen LogP contribution >= 0.6 is 23.5 Å². The van der Waals surface area contributed by atoms with Crippen LogP contribution in [0.1, 0.15) is 120 Å². The number of primary amides is 1. The molecule has 37 heteroatoms. The zero-order valence-corrected chi connectivity index (χ0v) is 59.5. The number of carbonyl (C=O) groups is 16. The Bertz CT molecular complexity index is 2850. The van der Waals surface area contributed by atoms with Crippen LogP contribution in [0.4, 0.5) is 0 Å². The lowest BCUT2D eigenvalue weighted by atomic mass is 10.0. The van der Waals surface area contributed by atoms with E-state index in [0.29, 0.717) is 30.0 Å². The van der Waals surface area contributed by atoms with Gasteiger partial charge in [-0.05, 0) is 122 Å². The Kier molecular flexibility index (Phi) is 41.5. The van der Waals surface area contributed by atoms with Gasteiger partial charge in [0.1, 0.15) is 72.5 Å². The molecule has 1 aromatic heterocycles.